The van der Waals surface area contributed by atoms with E-state index in [9.17, 15) is 0 Å². The third kappa shape index (κ3) is 2.86. The van der Waals surface area contributed by atoms with Crippen LogP contribution in [0.3, 0.4) is 0 Å². The van der Waals surface area contributed by atoms with Crippen LogP contribution in [-0.4, -0.2) is 31.4 Å². The molecule has 0 radical (unpaired) electrons. The fourth-order valence-corrected chi connectivity index (χ4v) is 5.40. The number of hydrogen-bond donors (Lipinski definition) is 0. The standard InChI is InChI=1S/C22H22N4S/c1-2-17-15-27-22-24-20(19-10-6-7-12-23-19)21(26(17)22)16-11-13-25(14-16)18-8-4-3-5-9-18/h3-14,17,20-21H,2,15H2,1H3. The van der Waals surface area contributed by atoms with Crippen molar-refractivity contribution in [3.8, 4) is 5.69 Å². The second kappa shape index (κ2) is 6.89. The minimum atomic E-state index is 0.0506. The second-order valence-corrected chi connectivity index (χ2v) is 8.01. The lowest BCUT2D eigenvalue weighted by Gasteiger charge is -2.31. The molecule has 2 aromatic heterocycles. The molecule has 4 nitrogen and oxygen atoms in total. The average Bonchev–Trinajstić information content (AvgIpc) is 3.44. The van der Waals surface area contributed by atoms with Gasteiger partial charge in [0.25, 0.3) is 0 Å². The normalized spacial score (nSPS) is 24.1. The summed E-state index contributed by atoms with van der Waals surface area (Å²) in [6.07, 6.45) is 7.42. The zero-order valence-corrected chi connectivity index (χ0v) is 16.1. The highest BCUT2D eigenvalue weighted by Crippen LogP contribution is 2.48. The molecular formula is C22H22N4S. The average molecular weight is 375 g/mol. The van der Waals surface area contributed by atoms with Gasteiger partial charge in [-0.15, -0.1) is 0 Å². The van der Waals surface area contributed by atoms with Gasteiger partial charge in [0.15, 0.2) is 5.17 Å². The van der Waals surface area contributed by atoms with Crippen LogP contribution in [0, 0.1) is 0 Å². The molecule has 0 bridgehead atoms. The molecule has 1 saturated heterocycles. The Hall–Kier alpha value is -2.53. The number of para-hydroxylation sites is 1. The van der Waals surface area contributed by atoms with E-state index in [2.05, 4.69) is 82.3 Å². The SMILES string of the molecule is CCC1CSC2=NC(c3ccccn3)C(c3ccn(-c4ccccc4)c3)N21. The number of rotatable bonds is 4. The molecule has 0 amide bonds. The first kappa shape index (κ1) is 16.6. The van der Waals surface area contributed by atoms with Crippen molar-refractivity contribution in [2.24, 2.45) is 4.99 Å². The van der Waals surface area contributed by atoms with Crippen molar-refractivity contribution in [3.63, 3.8) is 0 Å². The molecule has 27 heavy (non-hydrogen) atoms. The predicted molar refractivity (Wildman–Crippen MR) is 111 cm³/mol. The molecule has 2 aliphatic heterocycles. The quantitative estimate of drug-likeness (QED) is 0.654. The minimum absolute atomic E-state index is 0.0506. The summed E-state index contributed by atoms with van der Waals surface area (Å²) in [5, 5.41) is 1.18. The summed E-state index contributed by atoms with van der Waals surface area (Å²) in [5.41, 5.74) is 3.53. The Morgan fingerprint density at radius 2 is 1.93 bits per heavy atom. The molecule has 0 saturated carbocycles. The first-order chi connectivity index (χ1) is 13.3. The molecule has 0 aliphatic carbocycles. The summed E-state index contributed by atoms with van der Waals surface area (Å²) >= 11 is 1.89. The lowest BCUT2D eigenvalue weighted by atomic mass is 9.97. The van der Waals surface area contributed by atoms with Gasteiger partial charge in [-0.25, -0.2) is 0 Å². The van der Waals surface area contributed by atoms with Gasteiger partial charge in [-0.05, 0) is 42.3 Å². The maximum Gasteiger partial charge on any atom is 0.160 e. The zero-order valence-electron chi connectivity index (χ0n) is 15.3. The zero-order chi connectivity index (χ0) is 18.2. The van der Waals surface area contributed by atoms with E-state index >= 15 is 0 Å². The Balaban J connectivity index is 1.56. The summed E-state index contributed by atoms with van der Waals surface area (Å²) in [4.78, 5) is 12.3. The third-order valence-corrected chi connectivity index (χ3v) is 6.57. The van der Waals surface area contributed by atoms with Crippen LogP contribution in [0.1, 0.15) is 36.7 Å². The van der Waals surface area contributed by atoms with Gasteiger partial charge in [0.1, 0.15) is 6.04 Å². The smallest absolute Gasteiger partial charge is 0.160 e. The number of thioether (sulfide) groups is 1. The van der Waals surface area contributed by atoms with Crippen LogP contribution < -0.4 is 0 Å². The molecule has 5 rings (SSSR count). The monoisotopic (exact) mass is 374 g/mol. The van der Waals surface area contributed by atoms with Gasteiger partial charge < -0.3 is 9.47 Å². The maximum atomic E-state index is 5.09. The molecule has 4 heterocycles. The van der Waals surface area contributed by atoms with Crippen molar-refractivity contribution < 1.29 is 0 Å². The van der Waals surface area contributed by atoms with E-state index in [0.29, 0.717) is 6.04 Å². The highest BCUT2D eigenvalue weighted by Gasteiger charge is 2.45. The van der Waals surface area contributed by atoms with Crippen LogP contribution >= 0.6 is 11.8 Å². The third-order valence-electron chi connectivity index (χ3n) is 5.44. The molecule has 3 unspecified atom stereocenters. The number of hydrogen-bond acceptors (Lipinski definition) is 4. The first-order valence-corrected chi connectivity index (χ1v) is 10.5. The second-order valence-electron chi connectivity index (χ2n) is 7.02. The van der Waals surface area contributed by atoms with Gasteiger partial charge in [0, 0.05) is 36.1 Å². The van der Waals surface area contributed by atoms with Crippen LogP contribution in [0.15, 0.2) is 78.2 Å². The molecule has 0 spiro atoms. The summed E-state index contributed by atoms with van der Waals surface area (Å²) in [5.74, 6) is 1.13. The molecule has 136 valence electrons. The van der Waals surface area contributed by atoms with Crippen LogP contribution in [0.2, 0.25) is 0 Å². The van der Waals surface area contributed by atoms with Crippen molar-refractivity contribution in [2.75, 3.05) is 5.75 Å². The number of benzene rings is 1. The fourth-order valence-electron chi connectivity index (χ4n) is 4.06. The van der Waals surface area contributed by atoms with Crippen molar-refractivity contribution in [2.45, 2.75) is 31.5 Å². The number of nitrogens with zero attached hydrogens (tertiary/aromatic N) is 4. The molecule has 3 aromatic rings. The fraction of sp³-hybridized carbons (Fsp3) is 0.273. The van der Waals surface area contributed by atoms with Gasteiger partial charge in [-0.2, -0.15) is 0 Å². The topological polar surface area (TPSA) is 33.4 Å². The predicted octanol–water partition coefficient (Wildman–Crippen LogP) is 4.85. The van der Waals surface area contributed by atoms with Crippen LogP contribution in [-0.2, 0) is 0 Å². The largest absolute Gasteiger partial charge is 0.338 e. The van der Waals surface area contributed by atoms with Crippen molar-refractivity contribution in [1.29, 1.82) is 0 Å². The Kier molecular flexibility index (Phi) is 4.24. The van der Waals surface area contributed by atoms with Crippen LogP contribution in [0.25, 0.3) is 5.69 Å². The van der Waals surface area contributed by atoms with Gasteiger partial charge in [0.05, 0.1) is 11.7 Å². The van der Waals surface area contributed by atoms with Gasteiger partial charge in [-0.1, -0.05) is 43.0 Å². The highest BCUT2D eigenvalue weighted by molar-refractivity contribution is 8.14. The number of amidine groups is 1. The summed E-state index contributed by atoms with van der Waals surface area (Å²) in [6, 6.07) is 19.6. The van der Waals surface area contributed by atoms with Gasteiger partial charge in [0.2, 0.25) is 0 Å². The molecule has 3 atom stereocenters. The number of aliphatic imine (C=N–C) groups is 1. The van der Waals surface area contributed by atoms with E-state index < -0.39 is 0 Å². The summed E-state index contributed by atoms with van der Waals surface area (Å²) < 4.78 is 2.20. The molecule has 0 N–H and O–H groups in total. The molecular weight excluding hydrogens is 352 g/mol. The van der Waals surface area contributed by atoms with E-state index in [1.54, 1.807) is 0 Å². The van der Waals surface area contributed by atoms with E-state index in [1.807, 2.05) is 24.0 Å². The Labute approximate surface area is 164 Å². The number of aromatic nitrogens is 2. The van der Waals surface area contributed by atoms with Crippen molar-refractivity contribution >= 4 is 16.9 Å². The number of pyridine rings is 1. The summed E-state index contributed by atoms with van der Waals surface area (Å²) in [7, 11) is 0. The lowest BCUT2D eigenvalue weighted by molar-refractivity contribution is 0.255. The van der Waals surface area contributed by atoms with Crippen LogP contribution in [0.4, 0.5) is 0 Å². The maximum absolute atomic E-state index is 5.09. The van der Waals surface area contributed by atoms with Crippen LogP contribution in [0.5, 0.6) is 0 Å². The van der Waals surface area contributed by atoms with Gasteiger partial charge in [-0.3, -0.25) is 9.98 Å². The van der Waals surface area contributed by atoms with Gasteiger partial charge >= 0.3 is 0 Å². The van der Waals surface area contributed by atoms with E-state index in [1.165, 1.54) is 16.4 Å². The van der Waals surface area contributed by atoms with E-state index in [0.717, 1.165) is 17.9 Å². The highest BCUT2D eigenvalue weighted by atomic mass is 32.2. The first-order valence-electron chi connectivity index (χ1n) is 9.48. The molecule has 2 aliphatic rings. The lowest BCUT2D eigenvalue weighted by Crippen LogP contribution is -2.35. The summed E-state index contributed by atoms with van der Waals surface area (Å²) in [6.45, 7) is 2.27. The Morgan fingerprint density at radius 1 is 1.07 bits per heavy atom. The minimum Gasteiger partial charge on any atom is -0.338 e. The Morgan fingerprint density at radius 3 is 2.70 bits per heavy atom. The number of fused-ring (bicyclic) bond motifs is 1. The Bertz CT molecular complexity index is 951. The molecule has 5 heteroatoms. The van der Waals surface area contributed by atoms with Crippen molar-refractivity contribution in [1.82, 2.24) is 14.5 Å². The molecule has 1 aromatic carbocycles. The van der Waals surface area contributed by atoms with Crippen molar-refractivity contribution in [3.05, 3.63) is 84.4 Å². The molecule has 1 fully saturated rings. The van der Waals surface area contributed by atoms with E-state index in [4.69, 9.17) is 4.99 Å². The van der Waals surface area contributed by atoms with E-state index in [-0.39, 0.29) is 12.1 Å².